The average molecular weight is 514 g/mol. The number of hydrogen-bond donors (Lipinski definition) is 2. The second kappa shape index (κ2) is 10.1. The van der Waals surface area contributed by atoms with Crippen molar-refractivity contribution in [2.45, 2.75) is 11.8 Å². The third-order valence-electron chi connectivity index (χ3n) is 4.96. The summed E-state index contributed by atoms with van der Waals surface area (Å²) in [6.07, 6.45) is 2.95. The molecule has 2 heterocycles. The molecule has 0 radical (unpaired) electrons. The van der Waals surface area contributed by atoms with E-state index >= 15 is 0 Å². The van der Waals surface area contributed by atoms with Gasteiger partial charge in [-0.15, -0.1) is 0 Å². The minimum Gasteiger partial charge on any atom is -0.494 e. The van der Waals surface area contributed by atoms with E-state index in [1.807, 2.05) is 6.92 Å². The van der Waals surface area contributed by atoms with Gasteiger partial charge >= 0.3 is 0 Å². The van der Waals surface area contributed by atoms with Crippen LogP contribution in [0.15, 0.2) is 77.0 Å². The molecular weight excluding hydrogens is 494 g/mol. The van der Waals surface area contributed by atoms with Gasteiger partial charge in [-0.05, 0) is 61.5 Å². The molecule has 0 saturated carbocycles. The van der Waals surface area contributed by atoms with E-state index in [0.717, 1.165) is 4.31 Å². The van der Waals surface area contributed by atoms with Gasteiger partial charge in [0.15, 0.2) is 5.71 Å². The lowest BCUT2D eigenvalue weighted by Gasteiger charge is -2.24. The number of halogens is 1. The molecule has 1 aromatic heterocycles. The van der Waals surface area contributed by atoms with E-state index in [9.17, 15) is 18.0 Å². The number of hydrogen-bond acceptors (Lipinski definition) is 7. The van der Waals surface area contributed by atoms with E-state index < -0.39 is 28.4 Å². The summed E-state index contributed by atoms with van der Waals surface area (Å²) in [6, 6.07) is 13.5. The van der Waals surface area contributed by atoms with Crippen LogP contribution in [0, 0.1) is 0 Å². The molecule has 35 heavy (non-hydrogen) atoms. The van der Waals surface area contributed by atoms with Gasteiger partial charge in [0, 0.05) is 23.0 Å². The Labute approximate surface area is 206 Å². The van der Waals surface area contributed by atoms with Crippen LogP contribution in [-0.2, 0) is 19.6 Å². The number of benzene rings is 2. The first kappa shape index (κ1) is 24.2. The maximum absolute atomic E-state index is 13.5. The molecule has 0 spiro atoms. The minimum atomic E-state index is -4.15. The molecule has 180 valence electrons. The fraction of sp³-hybridized carbons (Fsp3) is 0.130. The van der Waals surface area contributed by atoms with Crippen molar-refractivity contribution in [2.24, 2.45) is 5.10 Å². The number of carbonyl (C=O) groups is 2. The Hall–Kier alpha value is -3.96. The molecule has 3 aromatic rings. The average Bonchev–Trinajstić information content (AvgIpc) is 3.17. The van der Waals surface area contributed by atoms with Crippen LogP contribution in [0.3, 0.4) is 0 Å². The molecule has 0 fully saturated rings. The number of hydrazone groups is 1. The van der Waals surface area contributed by atoms with Crippen molar-refractivity contribution in [3.8, 4) is 5.75 Å². The lowest BCUT2D eigenvalue weighted by Crippen LogP contribution is -2.40. The molecule has 2 aromatic carbocycles. The Morgan fingerprint density at radius 1 is 1.14 bits per heavy atom. The second-order valence-electron chi connectivity index (χ2n) is 7.26. The maximum atomic E-state index is 13.5. The van der Waals surface area contributed by atoms with Crippen LogP contribution in [0.4, 0.5) is 11.4 Å². The van der Waals surface area contributed by atoms with Crippen molar-refractivity contribution in [3.63, 3.8) is 0 Å². The van der Waals surface area contributed by atoms with E-state index in [-0.39, 0.29) is 16.3 Å². The number of amides is 2. The van der Waals surface area contributed by atoms with Crippen molar-refractivity contribution in [2.75, 3.05) is 22.8 Å². The van der Waals surface area contributed by atoms with Gasteiger partial charge < -0.3 is 10.1 Å². The summed E-state index contributed by atoms with van der Waals surface area (Å²) >= 11 is 5.96. The van der Waals surface area contributed by atoms with Crippen LogP contribution < -0.4 is 19.8 Å². The summed E-state index contributed by atoms with van der Waals surface area (Å²) in [5.41, 5.74) is 3.39. The Morgan fingerprint density at radius 2 is 1.86 bits per heavy atom. The van der Waals surface area contributed by atoms with Crippen LogP contribution in [0.2, 0.25) is 5.02 Å². The molecule has 0 bridgehead atoms. The third kappa shape index (κ3) is 5.26. The summed E-state index contributed by atoms with van der Waals surface area (Å²) in [6.45, 7) is 1.65. The van der Waals surface area contributed by atoms with Crippen molar-refractivity contribution in [1.29, 1.82) is 0 Å². The van der Waals surface area contributed by atoms with Crippen LogP contribution >= 0.6 is 11.6 Å². The number of rotatable bonds is 8. The van der Waals surface area contributed by atoms with Crippen molar-refractivity contribution in [3.05, 3.63) is 77.6 Å². The van der Waals surface area contributed by atoms with E-state index in [4.69, 9.17) is 16.3 Å². The minimum absolute atomic E-state index is 0.0335. The zero-order chi connectivity index (χ0) is 25.0. The highest BCUT2D eigenvalue weighted by Crippen LogP contribution is 2.26. The smallest absolute Gasteiger partial charge is 0.276 e. The Kier molecular flexibility index (Phi) is 6.99. The summed E-state index contributed by atoms with van der Waals surface area (Å²) < 4.78 is 33.2. The number of sulfonamides is 1. The number of ether oxygens (including phenoxy) is 1. The number of carbonyl (C=O) groups excluding carboxylic acids is 2. The van der Waals surface area contributed by atoms with E-state index in [1.165, 1.54) is 60.9 Å². The predicted molar refractivity (Wildman–Crippen MR) is 131 cm³/mol. The number of fused-ring (bicyclic) bond motifs is 1. The fourth-order valence-electron chi connectivity index (χ4n) is 3.32. The summed E-state index contributed by atoms with van der Waals surface area (Å²) in [4.78, 5) is 28.9. The lowest BCUT2D eigenvalue weighted by atomic mass is 10.2. The fourth-order valence-corrected chi connectivity index (χ4v) is 4.86. The highest BCUT2D eigenvalue weighted by atomic mass is 35.5. The van der Waals surface area contributed by atoms with E-state index in [0.29, 0.717) is 28.6 Å². The summed E-state index contributed by atoms with van der Waals surface area (Å²) in [7, 11) is -4.15. The molecule has 10 nitrogen and oxygen atoms in total. The standard InChI is InChI=1S/C23H20ClN5O5S/c1-2-34-17-7-9-18(10-8-17)35(32,33)29(16-5-3-15(24)4-6-16)14-21(30)27-28-22-19-13-25-12-11-20(19)26-23(22)31/h3-13H,2,14H2,1H3,(H,27,30)(H,26,28,31). The molecule has 0 unspecified atom stereocenters. The topological polar surface area (TPSA) is 130 Å². The van der Waals surface area contributed by atoms with Crippen LogP contribution in [0.25, 0.3) is 0 Å². The lowest BCUT2D eigenvalue weighted by molar-refractivity contribution is -0.119. The molecule has 0 aliphatic carbocycles. The zero-order valence-electron chi connectivity index (χ0n) is 18.4. The predicted octanol–water partition coefficient (Wildman–Crippen LogP) is 2.80. The Bertz CT molecular complexity index is 1390. The van der Waals surface area contributed by atoms with Crippen LogP contribution in [-0.4, -0.2) is 44.1 Å². The molecule has 0 saturated heterocycles. The first-order valence-corrected chi connectivity index (χ1v) is 12.2. The largest absolute Gasteiger partial charge is 0.494 e. The van der Waals surface area contributed by atoms with Gasteiger partial charge in [0.05, 0.1) is 22.9 Å². The quantitative estimate of drug-likeness (QED) is 0.445. The number of anilines is 2. The van der Waals surface area contributed by atoms with Gasteiger partial charge in [0.1, 0.15) is 12.3 Å². The van der Waals surface area contributed by atoms with E-state index in [1.54, 1.807) is 6.07 Å². The van der Waals surface area contributed by atoms with Crippen LogP contribution in [0.1, 0.15) is 12.5 Å². The molecular formula is C23H20ClN5O5S. The molecule has 4 rings (SSSR count). The third-order valence-corrected chi connectivity index (χ3v) is 7.00. The Balaban J connectivity index is 1.60. The SMILES string of the molecule is CCOc1ccc(S(=O)(=O)N(CC(=O)N/N=C2\C(=O)Nc3ccncc32)c2ccc(Cl)cc2)cc1. The summed E-state index contributed by atoms with van der Waals surface area (Å²) in [5.74, 6) is -0.750. The highest BCUT2D eigenvalue weighted by molar-refractivity contribution is 7.92. The van der Waals surface area contributed by atoms with Crippen LogP contribution in [0.5, 0.6) is 5.75 Å². The zero-order valence-corrected chi connectivity index (χ0v) is 20.0. The summed E-state index contributed by atoms with van der Waals surface area (Å²) in [5, 5.41) is 6.92. The van der Waals surface area contributed by atoms with Crippen molar-refractivity contribution in [1.82, 2.24) is 10.4 Å². The van der Waals surface area contributed by atoms with Gasteiger partial charge in [-0.1, -0.05) is 11.6 Å². The van der Waals surface area contributed by atoms with E-state index in [2.05, 4.69) is 20.8 Å². The number of pyridine rings is 1. The number of nitrogens with zero attached hydrogens (tertiary/aromatic N) is 3. The van der Waals surface area contributed by atoms with Crippen molar-refractivity contribution >= 4 is 50.5 Å². The molecule has 1 aliphatic rings. The van der Waals surface area contributed by atoms with Gasteiger partial charge in [0.2, 0.25) is 0 Å². The molecule has 0 atom stereocenters. The molecule has 12 heteroatoms. The first-order valence-electron chi connectivity index (χ1n) is 10.4. The highest BCUT2D eigenvalue weighted by Gasteiger charge is 2.29. The number of aromatic nitrogens is 1. The molecule has 2 amide bonds. The second-order valence-corrected chi connectivity index (χ2v) is 9.56. The molecule has 1 aliphatic heterocycles. The normalized spacial score (nSPS) is 13.8. The van der Waals surface area contributed by atoms with Gasteiger partial charge in [0.25, 0.3) is 21.8 Å². The monoisotopic (exact) mass is 513 g/mol. The van der Waals surface area contributed by atoms with Crippen molar-refractivity contribution < 1.29 is 22.7 Å². The van der Waals surface area contributed by atoms with Gasteiger partial charge in [-0.25, -0.2) is 13.8 Å². The maximum Gasteiger partial charge on any atom is 0.276 e. The first-order chi connectivity index (χ1) is 16.8. The Morgan fingerprint density at radius 3 is 2.54 bits per heavy atom. The van der Waals surface area contributed by atoms with Gasteiger partial charge in [-0.3, -0.25) is 18.9 Å². The van der Waals surface area contributed by atoms with Gasteiger partial charge in [-0.2, -0.15) is 5.10 Å². The number of nitrogens with one attached hydrogen (secondary N) is 2. The molecule has 2 N–H and O–H groups in total.